The van der Waals surface area contributed by atoms with E-state index in [9.17, 15) is 0 Å². The summed E-state index contributed by atoms with van der Waals surface area (Å²) in [6, 6.07) is 21.0. The fraction of sp³-hybridized carbons (Fsp3) is 0.571. The molecular weight excluding hydrogens is 364 g/mol. The van der Waals surface area contributed by atoms with Crippen molar-refractivity contribution in [2.75, 3.05) is 32.7 Å². The van der Waals surface area contributed by atoms with Crippen LogP contribution in [0.25, 0.3) is 0 Å². The van der Waals surface area contributed by atoms with Gasteiger partial charge in [0.15, 0.2) is 0 Å². The van der Waals surface area contributed by atoms with Gasteiger partial charge >= 0.3 is 0 Å². The molecule has 0 amide bonds. The van der Waals surface area contributed by atoms with Crippen molar-refractivity contribution >= 4 is 0 Å². The Hall–Kier alpha value is -1.64. The van der Waals surface area contributed by atoms with E-state index in [1.165, 1.54) is 57.2 Å². The maximum Gasteiger partial charge on any atom is 0.0220 e. The summed E-state index contributed by atoms with van der Waals surface area (Å²) in [5, 5.41) is 3.53. The van der Waals surface area contributed by atoms with Gasteiger partial charge in [0.25, 0.3) is 0 Å². The van der Waals surface area contributed by atoms with E-state index in [4.69, 9.17) is 0 Å². The second-order valence-corrected chi connectivity index (χ2v) is 10.8. The molecule has 1 atom stereocenters. The summed E-state index contributed by atoms with van der Waals surface area (Å²) < 4.78 is 0. The maximum absolute atomic E-state index is 3.53. The topological polar surface area (TPSA) is 15.3 Å². The Kier molecular flexibility index (Phi) is 4.96. The molecule has 5 fully saturated rings. The van der Waals surface area contributed by atoms with Crippen molar-refractivity contribution in [3.05, 3.63) is 71.3 Å². The fourth-order valence-corrected chi connectivity index (χ4v) is 7.94. The molecule has 4 saturated carbocycles. The van der Waals surface area contributed by atoms with Gasteiger partial charge in [-0.3, -0.25) is 4.90 Å². The van der Waals surface area contributed by atoms with E-state index in [1.54, 1.807) is 11.1 Å². The minimum Gasteiger partial charge on any atom is -0.314 e. The number of benzene rings is 2. The molecule has 7 rings (SSSR count). The highest BCUT2D eigenvalue weighted by molar-refractivity contribution is 5.44. The highest BCUT2D eigenvalue weighted by atomic mass is 15.2. The number of piperazine rings is 1. The molecule has 0 spiro atoms. The van der Waals surface area contributed by atoms with Crippen molar-refractivity contribution < 1.29 is 0 Å². The molecule has 5 aliphatic rings. The first-order valence-corrected chi connectivity index (χ1v) is 12.4. The molecule has 158 valence electrons. The Balaban J connectivity index is 1.40. The van der Waals surface area contributed by atoms with Gasteiger partial charge in [-0.15, -0.1) is 0 Å². The first-order valence-electron chi connectivity index (χ1n) is 12.4. The van der Waals surface area contributed by atoms with Gasteiger partial charge in [-0.25, -0.2) is 0 Å². The van der Waals surface area contributed by atoms with Crippen molar-refractivity contribution in [3.63, 3.8) is 0 Å². The van der Waals surface area contributed by atoms with Gasteiger partial charge < -0.3 is 5.32 Å². The van der Waals surface area contributed by atoms with Crippen molar-refractivity contribution in [3.8, 4) is 0 Å². The van der Waals surface area contributed by atoms with E-state index < -0.39 is 0 Å². The Bertz CT molecular complexity index is 832. The van der Waals surface area contributed by atoms with Crippen LogP contribution in [0, 0.1) is 17.8 Å². The van der Waals surface area contributed by atoms with Gasteiger partial charge in [0.05, 0.1) is 0 Å². The summed E-state index contributed by atoms with van der Waals surface area (Å²) in [6.07, 6.45) is 8.90. The van der Waals surface area contributed by atoms with E-state index in [1.807, 2.05) is 0 Å². The lowest BCUT2D eigenvalue weighted by molar-refractivity contribution is -0.00572. The largest absolute Gasteiger partial charge is 0.314 e. The third kappa shape index (κ3) is 3.42. The Morgan fingerprint density at radius 1 is 0.800 bits per heavy atom. The summed E-state index contributed by atoms with van der Waals surface area (Å²) in [4.78, 5) is 2.69. The molecular formula is C28H36N2. The minimum atomic E-state index is 0.460. The molecule has 0 aromatic heterocycles. The zero-order valence-corrected chi connectivity index (χ0v) is 18.2. The molecule has 2 aromatic rings. The average molecular weight is 401 g/mol. The van der Waals surface area contributed by atoms with Crippen LogP contribution >= 0.6 is 0 Å². The second kappa shape index (κ2) is 7.80. The van der Waals surface area contributed by atoms with E-state index in [-0.39, 0.29) is 0 Å². The quantitative estimate of drug-likeness (QED) is 0.743. The van der Waals surface area contributed by atoms with Crippen LogP contribution < -0.4 is 5.32 Å². The van der Waals surface area contributed by atoms with Crippen LogP contribution in [0.3, 0.4) is 0 Å². The van der Waals surface area contributed by atoms with Crippen LogP contribution in [-0.4, -0.2) is 37.6 Å². The van der Waals surface area contributed by atoms with Crippen LogP contribution in [-0.2, 0) is 5.41 Å². The summed E-state index contributed by atoms with van der Waals surface area (Å²) >= 11 is 0. The summed E-state index contributed by atoms with van der Waals surface area (Å²) in [5.41, 5.74) is 5.30. The summed E-state index contributed by atoms with van der Waals surface area (Å²) in [6.45, 7) is 5.73. The van der Waals surface area contributed by atoms with E-state index in [0.29, 0.717) is 11.3 Å². The minimum absolute atomic E-state index is 0.460. The van der Waals surface area contributed by atoms with Crippen LogP contribution in [0.4, 0.5) is 0 Å². The molecule has 2 heteroatoms. The normalized spacial score (nSPS) is 34.2. The third-order valence-corrected chi connectivity index (χ3v) is 8.80. The molecule has 1 saturated heterocycles. The van der Waals surface area contributed by atoms with Crippen molar-refractivity contribution in [2.24, 2.45) is 17.8 Å². The van der Waals surface area contributed by atoms with Crippen LogP contribution in [0.15, 0.2) is 54.6 Å². The molecule has 30 heavy (non-hydrogen) atoms. The molecule has 1 unspecified atom stereocenters. The van der Waals surface area contributed by atoms with Gasteiger partial charge in [-0.2, -0.15) is 0 Å². The van der Waals surface area contributed by atoms with E-state index in [2.05, 4.69) is 64.8 Å². The highest BCUT2D eigenvalue weighted by Gasteiger charge is 2.52. The molecule has 1 N–H and O–H groups in total. The monoisotopic (exact) mass is 400 g/mol. The first kappa shape index (κ1) is 19.1. The van der Waals surface area contributed by atoms with E-state index in [0.717, 1.165) is 37.4 Å². The zero-order chi connectivity index (χ0) is 20.0. The van der Waals surface area contributed by atoms with Crippen molar-refractivity contribution in [2.45, 2.75) is 49.9 Å². The van der Waals surface area contributed by atoms with Crippen molar-refractivity contribution in [1.29, 1.82) is 0 Å². The fourth-order valence-electron chi connectivity index (χ4n) is 7.94. The maximum atomic E-state index is 3.53. The summed E-state index contributed by atoms with van der Waals surface area (Å²) in [7, 11) is 0. The van der Waals surface area contributed by atoms with Crippen LogP contribution in [0.5, 0.6) is 0 Å². The lowest BCUT2D eigenvalue weighted by Gasteiger charge is -2.57. The van der Waals surface area contributed by atoms with Gasteiger partial charge in [-0.1, -0.05) is 54.6 Å². The van der Waals surface area contributed by atoms with Gasteiger partial charge in [0, 0.05) is 38.6 Å². The third-order valence-electron chi connectivity index (χ3n) is 8.80. The number of nitrogens with zero attached hydrogens (tertiary/aromatic N) is 1. The first-order chi connectivity index (χ1) is 14.8. The van der Waals surface area contributed by atoms with Gasteiger partial charge in [0.1, 0.15) is 0 Å². The molecule has 4 bridgehead atoms. The Morgan fingerprint density at radius 2 is 1.40 bits per heavy atom. The highest BCUT2D eigenvalue weighted by Crippen LogP contribution is 2.61. The molecule has 1 aliphatic heterocycles. The molecule has 2 nitrogen and oxygen atoms in total. The smallest absolute Gasteiger partial charge is 0.0220 e. The number of hydrogen-bond acceptors (Lipinski definition) is 2. The lowest BCUT2D eigenvalue weighted by atomic mass is 9.47. The summed E-state index contributed by atoms with van der Waals surface area (Å²) in [5.74, 6) is 3.46. The van der Waals surface area contributed by atoms with Gasteiger partial charge in [-0.05, 0) is 78.4 Å². The lowest BCUT2D eigenvalue weighted by Crippen LogP contribution is -2.49. The number of hydrogen-bond donors (Lipinski definition) is 1. The average Bonchev–Trinajstić information content (AvgIpc) is 2.78. The van der Waals surface area contributed by atoms with Crippen LogP contribution in [0.1, 0.15) is 61.1 Å². The Labute approximate surface area is 182 Å². The predicted octanol–water partition coefficient (Wildman–Crippen LogP) is 5.19. The number of nitrogens with one attached hydrogen (secondary N) is 1. The Morgan fingerprint density at radius 3 is 2.07 bits per heavy atom. The van der Waals surface area contributed by atoms with Crippen LogP contribution in [0.2, 0.25) is 0 Å². The molecule has 0 radical (unpaired) electrons. The second-order valence-electron chi connectivity index (χ2n) is 10.8. The molecule has 2 aromatic carbocycles. The molecule has 4 aliphatic carbocycles. The zero-order valence-electron chi connectivity index (χ0n) is 18.2. The molecule has 1 heterocycles. The predicted molar refractivity (Wildman–Crippen MR) is 124 cm³/mol. The SMILES string of the molecule is c1ccc(C(CN2CCNCC2)c2ccccc2C23CC4CC(CC(C4)C2)C3)cc1. The van der Waals surface area contributed by atoms with Crippen molar-refractivity contribution in [1.82, 2.24) is 10.2 Å². The van der Waals surface area contributed by atoms with E-state index >= 15 is 0 Å². The standard InChI is InChI=1S/C28H36N2/c1-2-6-24(7-3-1)26(20-30-12-10-29-11-13-30)25-8-4-5-9-27(25)28-17-21-14-22(18-28)16-23(15-21)19-28/h1-9,21-23,26,29H,10-20H2. The number of rotatable bonds is 5. The van der Waals surface area contributed by atoms with Gasteiger partial charge in [0.2, 0.25) is 0 Å².